The van der Waals surface area contributed by atoms with Crippen molar-refractivity contribution in [2.24, 2.45) is 5.10 Å². The Bertz CT molecular complexity index is 1620. The van der Waals surface area contributed by atoms with Crippen molar-refractivity contribution in [3.8, 4) is 11.4 Å². The Balaban J connectivity index is 1.61. The van der Waals surface area contributed by atoms with Crippen LogP contribution in [0.4, 0.5) is 5.69 Å². The summed E-state index contributed by atoms with van der Waals surface area (Å²) in [6.45, 7) is 4.98. The monoisotopic (exact) mass is 565 g/mol. The first kappa shape index (κ1) is 27.9. The summed E-state index contributed by atoms with van der Waals surface area (Å²) >= 11 is 6.33. The molecule has 0 fully saturated rings. The molecule has 9 nitrogen and oxygen atoms in total. The number of amides is 1. The molecule has 3 aromatic carbocycles. The normalized spacial score (nSPS) is 11.5. The van der Waals surface area contributed by atoms with Crippen molar-refractivity contribution in [3.05, 3.63) is 100 Å². The van der Waals surface area contributed by atoms with Crippen LogP contribution in [-0.2, 0) is 14.8 Å². The maximum absolute atomic E-state index is 13.7. The highest BCUT2D eigenvalue weighted by atomic mass is 35.5. The minimum Gasteiger partial charge on any atom is -0.495 e. The summed E-state index contributed by atoms with van der Waals surface area (Å²) in [5.74, 6) is -0.349. The first-order valence-electron chi connectivity index (χ1n) is 12.0. The molecule has 0 aliphatic carbocycles. The summed E-state index contributed by atoms with van der Waals surface area (Å²) in [6.07, 6.45) is 1.38. The van der Waals surface area contributed by atoms with E-state index in [9.17, 15) is 13.2 Å². The van der Waals surface area contributed by atoms with Crippen molar-refractivity contribution in [2.75, 3.05) is 18.0 Å². The predicted octanol–water partition coefficient (Wildman–Crippen LogP) is 4.81. The Morgan fingerprint density at radius 1 is 1.05 bits per heavy atom. The van der Waals surface area contributed by atoms with Gasteiger partial charge in [0, 0.05) is 0 Å². The number of aryl methyl sites for hydroxylation is 2. The van der Waals surface area contributed by atoms with Crippen LogP contribution in [0.15, 0.2) is 82.8 Å². The van der Waals surface area contributed by atoms with Gasteiger partial charge in [-0.25, -0.2) is 18.5 Å². The first-order chi connectivity index (χ1) is 18.6. The molecule has 11 heteroatoms. The second kappa shape index (κ2) is 11.7. The second-order valence-electron chi connectivity index (χ2n) is 8.83. The van der Waals surface area contributed by atoms with Crippen LogP contribution in [0.5, 0.6) is 5.75 Å². The minimum atomic E-state index is -4.13. The zero-order valence-corrected chi connectivity index (χ0v) is 23.5. The van der Waals surface area contributed by atoms with E-state index < -0.39 is 22.5 Å². The Hall–Kier alpha value is -4.15. The van der Waals surface area contributed by atoms with Gasteiger partial charge in [-0.2, -0.15) is 10.2 Å². The van der Waals surface area contributed by atoms with Gasteiger partial charge in [-0.1, -0.05) is 53.6 Å². The third kappa shape index (κ3) is 6.13. The van der Waals surface area contributed by atoms with Gasteiger partial charge in [0.05, 0.1) is 40.9 Å². The molecule has 1 heterocycles. The van der Waals surface area contributed by atoms with Crippen molar-refractivity contribution in [1.29, 1.82) is 0 Å². The fourth-order valence-electron chi connectivity index (χ4n) is 3.91. The number of anilines is 1. The van der Waals surface area contributed by atoms with Crippen molar-refractivity contribution in [3.63, 3.8) is 0 Å². The number of hydrogen-bond donors (Lipinski definition) is 1. The van der Waals surface area contributed by atoms with E-state index in [0.29, 0.717) is 11.3 Å². The molecular weight excluding hydrogens is 538 g/mol. The molecule has 4 rings (SSSR count). The van der Waals surface area contributed by atoms with E-state index >= 15 is 0 Å². The molecule has 202 valence electrons. The van der Waals surface area contributed by atoms with E-state index in [2.05, 4.69) is 15.6 Å². The number of nitrogens with one attached hydrogen (secondary N) is 1. The van der Waals surface area contributed by atoms with Gasteiger partial charge in [-0.15, -0.1) is 0 Å². The smallest absolute Gasteiger partial charge is 0.264 e. The minimum absolute atomic E-state index is 0.0451. The lowest BCUT2D eigenvalue weighted by Crippen LogP contribution is -2.39. The molecule has 0 saturated heterocycles. The fourth-order valence-corrected chi connectivity index (χ4v) is 5.60. The Kier molecular flexibility index (Phi) is 8.37. The van der Waals surface area contributed by atoms with E-state index in [1.165, 1.54) is 25.5 Å². The zero-order valence-electron chi connectivity index (χ0n) is 21.9. The molecule has 1 N–H and O–H groups in total. The molecule has 0 spiro atoms. The zero-order chi connectivity index (χ0) is 28.2. The standard InChI is InChI=1S/C28H28ClN5O4S/c1-19-10-13-23(14-11-19)39(36,37)33(25-16-20(2)12-15-26(25)38-4)18-27(35)31-30-17-24-21(3)34(32-28(24)29)22-8-6-5-7-9-22/h5-17H,18H2,1-4H3,(H,31,35)/b30-17-. The van der Waals surface area contributed by atoms with Crippen LogP contribution in [0, 0.1) is 20.8 Å². The highest BCUT2D eigenvalue weighted by molar-refractivity contribution is 7.92. The topological polar surface area (TPSA) is 106 Å². The molecule has 4 aromatic rings. The number of aromatic nitrogens is 2. The van der Waals surface area contributed by atoms with Crippen LogP contribution >= 0.6 is 11.6 Å². The maximum Gasteiger partial charge on any atom is 0.264 e. The molecule has 39 heavy (non-hydrogen) atoms. The predicted molar refractivity (Wildman–Crippen MR) is 152 cm³/mol. The number of methoxy groups -OCH3 is 1. The largest absolute Gasteiger partial charge is 0.495 e. The third-order valence-electron chi connectivity index (χ3n) is 6.00. The summed E-state index contributed by atoms with van der Waals surface area (Å²) in [4.78, 5) is 13.0. The van der Waals surface area contributed by atoms with Crippen LogP contribution in [0.1, 0.15) is 22.4 Å². The number of benzene rings is 3. The molecule has 1 aromatic heterocycles. The number of para-hydroxylation sites is 1. The van der Waals surface area contributed by atoms with Crippen LogP contribution in [0.2, 0.25) is 5.15 Å². The Morgan fingerprint density at radius 3 is 2.38 bits per heavy atom. The average molecular weight is 566 g/mol. The van der Waals surface area contributed by atoms with E-state index in [-0.39, 0.29) is 15.7 Å². The quantitative estimate of drug-likeness (QED) is 0.232. The van der Waals surface area contributed by atoms with Gasteiger partial charge >= 0.3 is 0 Å². The molecule has 0 radical (unpaired) electrons. The van der Waals surface area contributed by atoms with E-state index in [4.69, 9.17) is 16.3 Å². The van der Waals surface area contributed by atoms with Gasteiger partial charge < -0.3 is 4.74 Å². The number of hydrogen-bond acceptors (Lipinski definition) is 6. The van der Waals surface area contributed by atoms with Crippen molar-refractivity contribution >= 4 is 39.4 Å². The van der Waals surface area contributed by atoms with Crippen LogP contribution in [0.25, 0.3) is 5.69 Å². The first-order valence-corrected chi connectivity index (χ1v) is 13.8. The number of hydrazone groups is 1. The Labute approximate surface area is 232 Å². The SMILES string of the molecule is COc1ccc(C)cc1N(CC(=O)N/N=C\c1c(Cl)nn(-c2ccccc2)c1C)S(=O)(=O)c1ccc(C)cc1. The van der Waals surface area contributed by atoms with Gasteiger partial charge in [-0.05, 0) is 62.7 Å². The highest BCUT2D eigenvalue weighted by Crippen LogP contribution is 2.33. The number of ether oxygens (including phenoxy) is 1. The summed E-state index contributed by atoms with van der Waals surface area (Å²) < 4.78 is 35.5. The molecule has 0 aliphatic rings. The van der Waals surface area contributed by atoms with Crippen LogP contribution < -0.4 is 14.5 Å². The molecule has 0 unspecified atom stereocenters. The number of halogens is 1. The van der Waals surface area contributed by atoms with Crippen molar-refractivity contribution in [1.82, 2.24) is 15.2 Å². The fraction of sp³-hybridized carbons (Fsp3) is 0.179. The molecule has 1 amide bonds. The number of sulfonamides is 1. The summed E-state index contributed by atoms with van der Waals surface area (Å²) in [6, 6.07) is 21.0. The van der Waals surface area contributed by atoms with Gasteiger partial charge in [0.25, 0.3) is 15.9 Å². The van der Waals surface area contributed by atoms with E-state index in [0.717, 1.165) is 26.8 Å². The van der Waals surface area contributed by atoms with E-state index in [1.54, 1.807) is 35.0 Å². The number of carbonyl (C=O) groups excluding carboxylic acids is 1. The van der Waals surface area contributed by atoms with E-state index in [1.807, 2.05) is 51.1 Å². The highest BCUT2D eigenvalue weighted by Gasteiger charge is 2.29. The summed E-state index contributed by atoms with van der Waals surface area (Å²) in [7, 11) is -2.69. The van der Waals surface area contributed by atoms with Gasteiger partial charge in [0.15, 0.2) is 5.15 Å². The van der Waals surface area contributed by atoms with Gasteiger partial charge in [0.1, 0.15) is 12.3 Å². The molecule has 0 bridgehead atoms. The molecule has 0 aliphatic heterocycles. The molecular formula is C28H28ClN5O4S. The lowest BCUT2D eigenvalue weighted by atomic mass is 10.2. The van der Waals surface area contributed by atoms with Gasteiger partial charge in [-0.3, -0.25) is 9.10 Å². The third-order valence-corrected chi connectivity index (χ3v) is 8.05. The van der Waals surface area contributed by atoms with Crippen LogP contribution in [-0.4, -0.2) is 44.0 Å². The van der Waals surface area contributed by atoms with Crippen molar-refractivity contribution in [2.45, 2.75) is 25.7 Å². The van der Waals surface area contributed by atoms with Crippen LogP contribution in [0.3, 0.4) is 0 Å². The average Bonchev–Trinajstić information content (AvgIpc) is 3.21. The second-order valence-corrected chi connectivity index (χ2v) is 11.1. The molecule has 0 saturated carbocycles. The van der Waals surface area contributed by atoms with Crippen molar-refractivity contribution < 1.29 is 17.9 Å². The number of nitrogens with zero attached hydrogens (tertiary/aromatic N) is 4. The summed E-state index contributed by atoms with van der Waals surface area (Å²) in [5, 5.41) is 8.58. The lowest BCUT2D eigenvalue weighted by molar-refractivity contribution is -0.119. The van der Waals surface area contributed by atoms with Gasteiger partial charge in [0.2, 0.25) is 0 Å². The number of rotatable bonds is 9. The Morgan fingerprint density at radius 2 is 1.72 bits per heavy atom. The lowest BCUT2D eigenvalue weighted by Gasteiger charge is -2.25. The molecule has 0 atom stereocenters. The number of carbonyl (C=O) groups is 1. The maximum atomic E-state index is 13.7. The summed E-state index contributed by atoms with van der Waals surface area (Å²) in [5.41, 5.74) is 6.41.